The summed E-state index contributed by atoms with van der Waals surface area (Å²) >= 11 is 0. The Morgan fingerprint density at radius 1 is 1.11 bits per heavy atom. The highest BCUT2D eigenvalue weighted by atomic mass is 16.6. The molecule has 142 valence electrons. The van der Waals surface area contributed by atoms with E-state index in [1.54, 1.807) is 12.1 Å². The molecular weight excluding hydrogens is 356 g/mol. The molecule has 0 saturated heterocycles. The molecule has 1 N–H and O–H groups in total. The number of amides is 1. The Morgan fingerprint density at radius 2 is 1.81 bits per heavy atom. The number of hydrogen-bond acceptors (Lipinski definition) is 7. The lowest BCUT2D eigenvalue weighted by molar-refractivity contribution is -0.385. The van der Waals surface area contributed by atoms with Crippen molar-refractivity contribution in [2.45, 2.75) is 6.92 Å². The van der Waals surface area contributed by atoms with E-state index in [1.165, 1.54) is 26.4 Å². The quantitative estimate of drug-likeness (QED) is 0.450. The number of anilines is 1. The van der Waals surface area contributed by atoms with Gasteiger partial charge in [0.2, 0.25) is 0 Å². The summed E-state index contributed by atoms with van der Waals surface area (Å²) in [5.74, 6) is -0.902. The largest absolute Gasteiger partial charge is 0.495 e. The van der Waals surface area contributed by atoms with Crippen molar-refractivity contribution in [2.75, 3.05) is 26.1 Å². The molecule has 27 heavy (non-hydrogen) atoms. The Bertz CT molecular complexity index is 880. The molecule has 0 aliphatic heterocycles. The van der Waals surface area contributed by atoms with Gasteiger partial charge in [-0.25, -0.2) is 4.79 Å². The maximum Gasteiger partial charge on any atom is 0.338 e. The summed E-state index contributed by atoms with van der Waals surface area (Å²) in [5.41, 5.74) is 0.937. The molecule has 0 saturated carbocycles. The highest BCUT2D eigenvalue weighted by molar-refractivity contribution is 5.93. The molecule has 2 aromatic rings. The molecule has 0 fully saturated rings. The van der Waals surface area contributed by atoms with Crippen molar-refractivity contribution < 1.29 is 28.7 Å². The zero-order valence-corrected chi connectivity index (χ0v) is 15.0. The number of carbonyl (C=O) groups excluding carboxylic acids is 2. The van der Waals surface area contributed by atoms with Crippen molar-refractivity contribution in [2.24, 2.45) is 0 Å². The van der Waals surface area contributed by atoms with Crippen LogP contribution in [0.4, 0.5) is 11.4 Å². The van der Waals surface area contributed by atoms with Crippen molar-refractivity contribution in [3.8, 4) is 11.5 Å². The summed E-state index contributed by atoms with van der Waals surface area (Å²) in [6.07, 6.45) is 0. The number of nitrogens with one attached hydrogen (secondary N) is 1. The number of hydrogen-bond donors (Lipinski definition) is 1. The summed E-state index contributed by atoms with van der Waals surface area (Å²) in [6.45, 7) is 1.40. The van der Waals surface area contributed by atoms with E-state index in [9.17, 15) is 19.7 Å². The maximum absolute atomic E-state index is 12.1. The van der Waals surface area contributed by atoms with Gasteiger partial charge in [-0.2, -0.15) is 0 Å². The van der Waals surface area contributed by atoms with Crippen LogP contribution in [0.3, 0.4) is 0 Å². The molecule has 2 rings (SSSR count). The van der Waals surface area contributed by atoms with Crippen LogP contribution in [-0.2, 0) is 9.53 Å². The Labute approximate surface area is 155 Å². The molecule has 0 bridgehead atoms. The standard InChI is InChI=1S/C18H18N2O7/c1-11-4-6-15(25-2)13(8-11)19-17(21)10-27-16-7-5-12(18(22)26-3)9-14(16)20(23)24/h4-9H,10H2,1-3H3,(H,19,21). The number of benzene rings is 2. The Hall–Kier alpha value is -3.62. The summed E-state index contributed by atoms with van der Waals surface area (Å²) in [7, 11) is 2.64. The minimum atomic E-state index is -0.714. The zero-order valence-electron chi connectivity index (χ0n) is 15.0. The summed E-state index contributed by atoms with van der Waals surface area (Å²) in [6, 6.07) is 8.85. The van der Waals surface area contributed by atoms with E-state index in [4.69, 9.17) is 9.47 Å². The van der Waals surface area contributed by atoms with Crippen LogP contribution in [0, 0.1) is 17.0 Å². The van der Waals surface area contributed by atoms with E-state index in [2.05, 4.69) is 10.1 Å². The molecule has 0 aliphatic carbocycles. The molecule has 0 radical (unpaired) electrons. The van der Waals surface area contributed by atoms with Gasteiger partial charge in [0.15, 0.2) is 12.4 Å². The predicted molar refractivity (Wildman–Crippen MR) is 96.3 cm³/mol. The van der Waals surface area contributed by atoms with E-state index in [-0.39, 0.29) is 11.3 Å². The fraction of sp³-hybridized carbons (Fsp3) is 0.222. The van der Waals surface area contributed by atoms with E-state index >= 15 is 0 Å². The Kier molecular flexibility index (Phi) is 6.32. The van der Waals surface area contributed by atoms with Gasteiger partial charge in [-0.3, -0.25) is 14.9 Å². The lowest BCUT2D eigenvalue weighted by atomic mass is 10.2. The lowest BCUT2D eigenvalue weighted by Crippen LogP contribution is -2.21. The first-order chi connectivity index (χ1) is 12.8. The predicted octanol–water partition coefficient (Wildman–Crippen LogP) is 2.72. The Morgan fingerprint density at radius 3 is 2.44 bits per heavy atom. The first-order valence-corrected chi connectivity index (χ1v) is 7.79. The van der Waals surface area contributed by atoms with Gasteiger partial charge >= 0.3 is 11.7 Å². The number of aryl methyl sites for hydroxylation is 1. The highest BCUT2D eigenvalue weighted by Gasteiger charge is 2.20. The van der Waals surface area contributed by atoms with Crippen LogP contribution < -0.4 is 14.8 Å². The Balaban J connectivity index is 2.12. The molecule has 0 spiro atoms. The van der Waals surface area contributed by atoms with E-state index in [0.29, 0.717) is 11.4 Å². The molecule has 0 atom stereocenters. The lowest BCUT2D eigenvalue weighted by Gasteiger charge is -2.12. The number of nitrogens with zero attached hydrogens (tertiary/aromatic N) is 1. The number of rotatable bonds is 7. The summed E-state index contributed by atoms with van der Waals surface area (Å²) < 4.78 is 15.0. The number of methoxy groups -OCH3 is 2. The molecular formula is C18H18N2O7. The van der Waals surface area contributed by atoms with Gasteiger partial charge in [-0.15, -0.1) is 0 Å². The van der Waals surface area contributed by atoms with Crippen LogP contribution >= 0.6 is 0 Å². The molecule has 0 aromatic heterocycles. The minimum Gasteiger partial charge on any atom is -0.495 e. The van der Waals surface area contributed by atoms with Crippen LogP contribution in [0.25, 0.3) is 0 Å². The van der Waals surface area contributed by atoms with Crippen LogP contribution in [0.15, 0.2) is 36.4 Å². The van der Waals surface area contributed by atoms with Crippen molar-refractivity contribution in [3.63, 3.8) is 0 Å². The van der Waals surface area contributed by atoms with Gasteiger partial charge in [0.25, 0.3) is 5.91 Å². The van der Waals surface area contributed by atoms with Crippen LogP contribution in [-0.4, -0.2) is 37.6 Å². The molecule has 9 nitrogen and oxygen atoms in total. The fourth-order valence-electron chi connectivity index (χ4n) is 2.28. The van der Waals surface area contributed by atoms with Gasteiger partial charge in [0, 0.05) is 6.07 Å². The van der Waals surface area contributed by atoms with Crippen molar-refractivity contribution in [1.29, 1.82) is 0 Å². The first kappa shape index (κ1) is 19.7. The third-order valence-corrected chi connectivity index (χ3v) is 3.56. The third-order valence-electron chi connectivity index (χ3n) is 3.56. The van der Waals surface area contributed by atoms with Crippen LogP contribution in [0.1, 0.15) is 15.9 Å². The van der Waals surface area contributed by atoms with Gasteiger partial charge in [0.05, 0.1) is 30.4 Å². The number of nitro benzene ring substituents is 1. The van der Waals surface area contributed by atoms with Crippen molar-refractivity contribution >= 4 is 23.3 Å². The normalized spacial score (nSPS) is 10.0. The number of esters is 1. The molecule has 0 aliphatic rings. The van der Waals surface area contributed by atoms with E-state index in [0.717, 1.165) is 11.6 Å². The number of ether oxygens (including phenoxy) is 3. The number of carbonyl (C=O) groups is 2. The SMILES string of the molecule is COC(=O)c1ccc(OCC(=O)Nc2cc(C)ccc2OC)c([N+](=O)[O-])c1. The molecule has 9 heteroatoms. The van der Waals surface area contributed by atoms with E-state index < -0.39 is 29.1 Å². The van der Waals surface area contributed by atoms with Crippen LogP contribution in [0.2, 0.25) is 0 Å². The van der Waals surface area contributed by atoms with E-state index in [1.807, 2.05) is 13.0 Å². The van der Waals surface area contributed by atoms with Crippen molar-refractivity contribution in [1.82, 2.24) is 0 Å². The maximum atomic E-state index is 12.1. The second-order valence-corrected chi connectivity index (χ2v) is 5.47. The average Bonchev–Trinajstić information content (AvgIpc) is 2.65. The second kappa shape index (κ2) is 8.65. The summed E-state index contributed by atoms with van der Waals surface area (Å²) in [4.78, 5) is 34.1. The van der Waals surface area contributed by atoms with Gasteiger partial charge in [0.1, 0.15) is 5.75 Å². The molecule has 1 amide bonds. The highest BCUT2D eigenvalue weighted by Crippen LogP contribution is 2.29. The number of nitro groups is 1. The van der Waals surface area contributed by atoms with Gasteiger partial charge < -0.3 is 19.5 Å². The second-order valence-electron chi connectivity index (χ2n) is 5.47. The topological polar surface area (TPSA) is 117 Å². The first-order valence-electron chi connectivity index (χ1n) is 7.79. The molecule has 0 heterocycles. The van der Waals surface area contributed by atoms with Crippen LogP contribution in [0.5, 0.6) is 11.5 Å². The van der Waals surface area contributed by atoms with Gasteiger partial charge in [-0.1, -0.05) is 6.07 Å². The zero-order chi connectivity index (χ0) is 20.0. The smallest absolute Gasteiger partial charge is 0.338 e. The fourth-order valence-corrected chi connectivity index (χ4v) is 2.28. The van der Waals surface area contributed by atoms with Crippen molar-refractivity contribution in [3.05, 3.63) is 57.6 Å². The third kappa shape index (κ3) is 4.94. The van der Waals surface area contributed by atoms with Gasteiger partial charge in [-0.05, 0) is 36.8 Å². The molecule has 0 unspecified atom stereocenters. The summed E-state index contributed by atoms with van der Waals surface area (Å²) in [5, 5.41) is 13.8. The molecule has 2 aromatic carbocycles. The average molecular weight is 374 g/mol. The minimum absolute atomic E-state index is 0.00509. The monoisotopic (exact) mass is 374 g/mol.